The second kappa shape index (κ2) is 8.50. The standard InChI is InChI=1S/C21H16ClN7/c22-16-5-2-1-4-15(16)20-28-17-6-3-9-25-19(17)21(29-20)26-11-10-24-18-8-7-14(12-23)13-27-18/h1-9,13H,10-11H2,(H,24,27)(H,26,28,29). The number of fused-ring (bicyclic) bond motifs is 1. The summed E-state index contributed by atoms with van der Waals surface area (Å²) in [6.07, 6.45) is 3.25. The van der Waals surface area contributed by atoms with Crippen LogP contribution in [0.15, 0.2) is 60.9 Å². The Labute approximate surface area is 172 Å². The maximum atomic E-state index is 8.83. The molecule has 0 radical (unpaired) electrons. The molecule has 1 aromatic carbocycles. The van der Waals surface area contributed by atoms with Crippen LogP contribution in [0.5, 0.6) is 0 Å². The van der Waals surface area contributed by atoms with Crippen molar-refractivity contribution in [1.82, 2.24) is 19.9 Å². The Morgan fingerprint density at radius 1 is 0.931 bits per heavy atom. The second-order valence-electron chi connectivity index (χ2n) is 6.14. The summed E-state index contributed by atoms with van der Waals surface area (Å²) in [6, 6.07) is 16.8. The minimum absolute atomic E-state index is 0.527. The van der Waals surface area contributed by atoms with E-state index in [-0.39, 0.29) is 0 Å². The fraction of sp³-hybridized carbons (Fsp3) is 0.0952. The average molecular weight is 402 g/mol. The monoisotopic (exact) mass is 401 g/mol. The van der Waals surface area contributed by atoms with Gasteiger partial charge >= 0.3 is 0 Å². The normalized spacial score (nSPS) is 10.5. The van der Waals surface area contributed by atoms with Crippen LogP contribution in [-0.2, 0) is 0 Å². The lowest BCUT2D eigenvalue weighted by Crippen LogP contribution is -2.15. The Morgan fingerprint density at radius 2 is 1.79 bits per heavy atom. The molecule has 0 aliphatic carbocycles. The molecule has 0 aliphatic rings. The molecule has 0 bridgehead atoms. The Morgan fingerprint density at radius 3 is 2.59 bits per heavy atom. The molecule has 0 atom stereocenters. The minimum Gasteiger partial charge on any atom is -0.368 e. The minimum atomic E-state index is 0.527. The number of pyridine rings is 2. The van der Waals surface area contributed by atoms with Crippen molar-refractivity contribution in [3.05, 3.63) is 71.5 Å². The molecule has 0 fully saturated rings. The third kappa shape index (κ3) is 4.23. The van der Waals surface area contributed by atoms with Gasteiger partial charge < -0.3 is 10.6 Å². The van der Waals surface area contributed by atoms with Gasteiger partial charge in [0.05, 0.1) is 16.1 Å². The van der Waals surface area contributed by atoms with Crippen molar-refractivity contribution >= 4 is 34.3 Å². The number of hydrogen-bond donors (Lipinski definition) is 2. The molecule has 0 saturated heterocycles. The SMILES string of the molecule is N#Cc1ccc(NCCNc2nc(-c3ccccc3Cl)nc3cccnc23)nc1. The summed E-state index contributed by atoms with van der Waals surface area (Å²) in [7, 11) is 0. The van der Waals surface area contributed by atoms with Crippen LogP contribution in [0.4, 0.5) is 11.6 Å². The van der Waals surface area contributed by atoms with Crippen molar-refractivity contribution in [3.8, 4) is 17.5 Å². The predicted octanol–water partition coefficient (Wildman–Crippen LogP) is 4.14. The quantitative estimate of drug-likeness (QED) is 0.468. The van der Waals surface area contributed by atoms with E-state index in [0.29, 0.717) is 46.7 Å². The first kappa shape index (κ1) is 18.6. The maximum absolute atomic E-state index is 8.83. The lowest BCUT2D eigenvalue weighted by molar-refractivity contribution is 1.04. The van der Waals surface area contributed by atoms with Gasteiger partial charge in [0.15, 0.2) is 11.6 Å². The largest absolute Gasteiger partial charge is 0.368 e. The van der Waals surface area contributed by atoms with E-state index in [1.54, 1.807) is 18.3 Å². The van der Waals surface area contributed by atoms with Crippen LogP contribution in [0.3, 0.4) is 0 Å². The third-order valence-corrected chi connectivity index (χ3v) is 4.52. The van der Waals surface area contributed by atoms with Gasteiger partial charge in [-0.3, -0.25) is 4.98 Å². The van der Waals surface area contributed by atoms with Crippen LogP contribution in [-0.4, -0.2) is 33.0 Å². The van der Waals surface area contributed by atoms with Gasteiger partial charge in [0, 0.05) is 31.0 Å². The fourth-order valence-electron chi connectivity index (χ4n) is 2.79. The van der Waals surface area contributed by atoms with Gasteiger partial charge in [-0.15, -0.1) is 0 Å². The predicted molar refractivity (Wildman–Crippen MR) is 114 cm³/mol. The van der Waals surface area contributed by atoms with Gasteiger partial charge in [-0.25, -0.2) is 15.0 Å². The lowest BCUT2D eigenvalue weighted by atomic mass is 10.2. The molecule has 4 aromatic rings. The molecule has 0 saturated carbocycles. The Bertz CT molecular complexity index is 1190. The van der Waals surface area contributed by atoms with E-state index in [0.717, 1.165) is 11.1 Å². The summed E-state index contributed by atoms with van der Waals surface area (Å²) in [5.74, 6) is 1.88. The van der Waals surface area contributed by atoms with E-state index < -0.39 is 0 Å². The Hall–Kier alpha value is -3.76. The van der Waals surface area contributed by atoms with Gasteiger partial charge in [0.1, 0.15) is 17.4 Å². The zero-order valence-electron chi connectivity index (χ0n) is 15.3. The van der Waals surface area contributed by atoms with Gasteiger partial charge in [-0.2, -0.15) is 5.26 Å². The van der Waals surface area contributed by atoms with E-state index in [1.165, 1.54) is 6.20 Å². The van der Waals surface area contributed by atoms with Crippen LogP contribution in [0.25, 0.3) is 22.4 Å². The van der Waals surface area contributed by atoms with Crippen LogP contribution in [0.2, 0.25) is 5.02 Å². The highest BCUT2D eigenvalue weighted by atomic mass is 35.5. The molecule has 3 aromatic heterocycles. The molecule has 0 spiro atoms. The molecule has 2 N–H and O–H groups in total. The number of anilines is 2. The first-order valence-electron chi connectivity index (χ1n) is 8.96. The highest BCUT2D eigenvalue weighted by molar-refractivity contribution is 6.33. The summed E-state index contributed by atoms with van der Waals surface area (Å²) in [5, 5.41) is 15.9. The van der Waals surface area contributed by atoms with Gasteiger partial charge in [-0.1, -0.05) is 23.7 Å². The highest BCUT2D eigenvalue weighted by Gasteiger charge is 2.12. The summed E-state index contributed by atoms with van der Waals surface area (Å²) < 4.78 is 0. The van der Waals surface area contributed by atoms with Crippen molar-refractivity contribution in [1.29, 1.82) is 5.26 Å². The van der Waals surface area contributed by atoms with Crippen LogP contribution in [0, 0.1) is 11.3 Å². The van der Waals surface area contributed by atoms with E-state index in [2.05, 4.69) is 30.6 Å². The number of halogens is 1. The molecule has 3 heterocycles. The molecule has 142 valence electrons. The average Bonchev–Trinajstić information content (AvgIpc) is 2.77. The molecule has 4 rings (SSSR count). The number of nitrogens with one attached hydrogen (secondary N) is 2. The van der Waals surface area contributed by atoms with Crippen molar-refractivity contribution in [2.45, 2.75) is 0 Å². The van der Waals surface area contributed by atoms with Gasteiger partial charge in [0.25, 0.3) is 0 Å². The molecular formula is C21H16ClN7. The second-order valence-corrected chi connectivity index (χ2v) is 6.55. The molecule has 0 aliphatic heterocycles. The van der Waals surface area contributed by atoms with E-state index >= 15 is 0 Å². The molecule has 8 heteroatoms. The van der Waals surface area contributed by atoms with Crippen LogP contribution in [0.1, 0.15) is 5.56 Å². The topological polar surface area (TPSA) is 99.4 Å². The van der Waals surface area contributed by atoms with Crippen molar-refractivity contribution in [2.75, 3.05) is 23.7 Å². The van der Waals surface area contributed by atoms with Gasteiger partial charge in [0.2, 0.25) is 0 Å². The summed E-state index contributed by atoms with van der Waals surface area (Å²) >= 11 is 6.33. The number of benzene rings is 1. The van der Waals surface area contributed by atoms with Gasteiger partial charge in [-0.05, 0) is 36.4 Å². The number of hydrogen-bond acceptors (Lipinski definition) is 7. The number of nitrogens with zero attached hydrogens (tertiary/aromatic N) is 5. The smallest absolute Gasteiger partial charge is 0.163 e. The summed E-state index contributed by atoms with van der Waals surface area (Å²) in [5.41, 5.74) is 2.73. The summed E-state index contributed by atoms with van der Waals surface area (Å²) in [6.45, 7) is 1.20. The first-order valence-corrected chi connectivity index (χ1v) is 9.34. The number of rotatable bonds is 6. The molecule has 29 heavy (non-hydrogen) atoms. The lowest BCUT2D eigenvalue weighted by Gasteiger charge is -2.11. The number of aromatic nitrogens is 4. The molecule has 0 unspecified atom stereocenters. The maximum Gasteiger partial charge on any atom is 0.163 e. The Kier molecular flexibility index (Phi) is 5.45. The van der Waals surface area contributed by atoms with E-state index in [4.69, 9.17) is 16.9 Å². The zero-order chi connectivity index (χ0) is 20.1. The van der Waals surface area contributed by atoms with Crippen molar-refractivity contribution in [3.63, 3.8) is 0 Å². The Balaban J connectivity index is 1.53. The fourth-order valence-corrected chi connectivity index (χ4v) is 3.01. The molecule has 7 nitrogen and oxygen atoms in total. The van der Waals surface area contributed by atoms with Crippen LogP contribution < -0.4 is 10.6 Å². The van der Waals surface area contributed by atoms with E-state index in [1.807, 2.05) is 42.5 Å². The van der Waals surface area contributed by atoms with Crippen molar-refractivity contribution < 1.29 is 0 Å². The number of nitriles is 1. The molecular weight excluding hydrogens is 386 g/mol. The van der Waals surface area contributed by atoms with E-state index in [9.17, 15) is 0 Å². The highest BCUT2D eigenvalue weighted by Crippen LogP contribution is 2.28. The zero-order valence-corrected chi connectivity index (χ0v) is 16.1. The molecule has 0 amide bonds. The first-order chi connectivity index (χ1) is 14.2. The third-order valence-electron chi connectivity index (χ3n) is 4.19. The van der Waals surface area contributed by atoms with Crippen molar-refractivity contribution in [2.24, 2.45) is 0 Å². The van der Waals surface area contributed by atoms with Crippen LogP contribution >= 0.6 is 11.6 Å². The summed E-state index contributed by atoms with van der Waals surface area (Å²) in [4.78, 5) is 17.9.